The monoisotopic (exact) mass is 485 g/mol. The SMILES string of the molecule is Cc1nc(Nc2ncc(C3=Nc4c(Cl)cccc4CO3)s2)cc(N2CCN(CCO)CC2)n1. The van der Waals surface area contributed by atoms with E-state index < -0.39 is 0 Å². The third kappa shape index (κ3) is 4.93. The molecule has 0 bridgehead atoms. The van der Waals surface area contributed by atoms with Crippen molar-refractivity contribution in [3.63, 3.8) is 0 Å². The summed E-state index contributed by atoms with van der Waals surface area (Å²) in [5, 5.41) is 13.7. The molecule has 0 radical (unpaired) electrons. The minimum absolute atomic E-state index is 0.188. The summed E-state index contributed by atoms with van der Waals surface area (Å²) in [4.78, 5) is 23.5. The van der Waals surface area contributed by atoms with Crippen LogP contribution in [0.5, 0.6) is 0 Å². The third-order valence-corrected chi connectivity index (χ3v) is 6.74. The summed E-state index contributed by atoms with van der Waals surface area (Å²) in [5.41, 5.74) is 1.72. The van der Waals surface area contributed by atoms with Crippen LogP contribution in [0.25, 0.3) is 0 Å². The lowest BCUT2D eigenvalue weighted by Crippen LogP contribution is -2.47. The topological polar surface area (TPSA) is 99.0 Å². The Balaban J connectivity index is 1.31. The minimum Gasteiger partial charge on any atom is -0.472 e. The van der Waals surface area contributed by atoms with Gasteiger partial charge in [-0.05, 0) is 13.0 Å². The van der Waals surface area contributed by atoms with Gasteiger partial charge in [-0.3, -0.25) is 4.90 Å². The van der Waals surface area contributed by atoms with Crippen molar-refractivity contribution in [2.45, 2.75) is 13.5 Å². The first kappa shape index (κ1) is 22.0. The number of hydrogen-bond donors (Lipinski definition) is 2. The van der Waals surface area contributed by atoms with E-state index in [4.69, 9.17) is 21.4 Å². The maximum absolute atomic E-state index is 9.14. The molecular formula is C22H24ClN7O2S. The predicted octanol–water partition coefficient (Wildman–Crippen LogP) is 3.36. The molecule has 0 amide bonds. The van der Waals surface area contributed by atoms with E-state index in [1.807, 2.05) is 31.2 Å². The number of aliphatic hydroxyl groups excluding tert-OH is 1. The van der Waals surface area contributed by atoms with E-state index in [1.165, 1.54) is 11.3 Å². The molecule has 2 N–H and O–H groups in total. The third-order valence-electron chi connectivity index (χ3n) is 5.54. The van der Waals surface area contributed by atoms with Gasteiger partial charge in [-0.1, -0.05) is 35.1 Å². The summed E-state index contributed by atoms with van der Waals surface area (Å²) in [6.45, 7) is 6.73. The number of para-hydroxylation sites is 1. The number of halogens is 1. The van der Waals surface area contributed by atoms with Crippen molar-refractivity contribution >= 4 is 51.3 Å². The molecule has 11 heteroatoms. The summed E-state index contributed by atoms with van der Waals surface area (Å²) in [7, 11) is 0. The Bertz CT molecular complexity index is 1180. The van der Waals surface area contributed by atoms with Gasteiger partial charge in [0.15, 0.2) is 5.13 Å². The highest BCUT2D eigenvalue weighted by Gasteiger charge is 2.21. The van der Waals surface area contributed by atoms with Crippen molar-refractivity contribution in [2.75, 3.05) is 49.5 Å². The zero-order chi connectivity index (χ0) is 22.8. The maximum atomic E-state index is 9.14. The number of rotatable bonds is 6. The number of nitrogens with one attached hydrogen (secondary N) is 1. The van der Waals surface area contributed by atoms with Gasteiger partial charge in [-0.15, -0.1) is 0 Å². The summed E-state index contributed by atoms with van der Waals surface area (Å²) >= 11 is 7.75. The zero-order valence-electron chi connectivity index (χ0n) is 18.2. The number of piperazine rings is 1. The number of fused-ring (bicyclic) bond motifs is 1. The van der Waals surface area contributed by atoms with E-state index >= 15 is 0 Å². The smallest absolute Gasteiger partial charge is 0.233 e. The van der Waals surface area contributed by atoms with Crippen LogP contribution < -0.4 is 10.2 Å². The molecule has 0 atom stereocenters. The standard InChI is InChI=1S/C22H24ClN7O2S/c1-14-25-18(11-19(26-14)30-7-5-29(6-8-30)9-10-31)27-22-24-12-17(33-22)21-28-20-15(13-32-21)3-2-4-16(20)23/h2-4,11-12,31H,5-10,13H2,1H3,(H,24,25,26,27). The minimum atomic E-state index is 0.188. The first-order valence-electron chi connectivity index (χ1n) is 10.7. The lowest BCUT2D eigenvalue weighted by molar-refractivity contribution is 0.188. The van der Waals surface area contributed by atoms with Crippen molar-refractivity contribution in [3.8, 4) is 0 Å². The Morgan fingerprint density at radius 3 is 2.88 bits per heavy atom. The molecule has 3 aromatic rings. The van der Waals surface area contributed by atoms with E-state index in [2.05, 4.69) is 35.1 Å². The number of thiazole rings is 1. The number of hydrogen-bond acceptors (Lipinski definition) is 10. The maximum Gasteiger partial charge on any atom is 0.233 e. The fraction of sp³-hybridized carbons (Fsp3) is 0.364. The van der Waals surface area contributed by atoms with Crippen molar-refractivity contribution < 1.29 is 9.84 Å². The van der Waals surface area contributed by atoms with Crippen LogP contribution in [0, 0.1) is 6.92 Å². The number of aliphatic imine (C=N–C) groups is 1. The Kier molecular flexibility index (Phi) is 6.41. The van der Waals surface area contributed by atoms with Crippen LogP contribution in [0.2, 0.25) is 5.02 Å². The molecule has 5 rings (SSSR count). The second kappa shape index (κ2) is 9.60. The van der Waals surface area contributed by atoms with Crippen LogP contribution in [0.1, 0.15) is 16.3 Å². The number of anilines is 3. The van der Waals surface area contributed by atoms with Gasteiger partial charge in [-0.2, -0.15) is 0 Å². The van der Waals surface area contributed by atoms with Crippen molar-refractivity contribution in [1.82, 2.24) is 19.9 Å². The molecule has 2 aromatic heterocycles. The quantitative estimate of drug-likeness (QED) is 0.548. The Morgan fingerprint density at radius 1 is 1.21 bits per heavy atom. The number of aliphatic hydroxyl groups is 1. The Morgan fingerprint density at radius 2 is 2.06 bits per heavy atom. The van der Waals surface area contributed by atoms with Crippen LogP contribution >= 0.6 is 22.9 Å². The molecule has 33 heavy (non-hydrogen) atoms. The molecule has 9 nitrogen and oxygen atoms in total. The normalized spacial score (nSPS) is 16.2. The number of ether oxygens (including phenoxy) is 1. The average Bonchev–Trinajstić information content (AvgIpc) is 3.28. The molecular weight excluding hydrogens is 462 g/mol. The Labute approximate surface area is 200 Å². The van der Waals surface area contributed by atoms with Gasteiger partial charge in [-0.25, -0.2) is 19.9 Å². The second-order valence-electron chi connectivity index (χ2n) is 7.82. The molecule has 172 valence electrons. The van der Waals surface area contributed by atoms with Crippen LogP contribution in [0.3, 0.4) is 0 Å². The lowest BCUT2D eigenvalue weighted by Gasteiger charge is -2.35. The highest BCUT2D eigenvalue weighted by molar-refractivity contribution is 7.17. The number of nitrogens with zero attached hydrogens (tertiary/aromatic N) is 6. The molecule has 1 aromatic carbocycles. The molecule has 0 unspecified atom stereocenters. The second-order valence-corrected chi connectivity index (χ2v) is 9.26. The Hall–Kier alpha value is -2.79. The van der Waals surface area contributed by atoms with Crippen LogP contribution in [-0.4, -0.2) is 70.2 Å². The molecule has 0 saturated carbocycles. The number of β-amino-alcohol motifs (C(OH)–C–C–N with tert-alkyl or cyclic N) is 1. The van der Waals surface area contributed by atoms with E-state index in [1.54, 1.807) is 6.20 Å². The number of benzene rings is 1. The highest BCUT2D eigenvalue weighted by atomic mass is 35.5. The first-order valence-corrected chi connectivity index (χ1v) is 11.9. The summed E-state index contributed by atoms with van der Waals surface area (Å²) in [5.74, 6) is 2.78. The van der Waals surface area contributed by atoms with E-state index in [0.29, 0.717) is 40.8 Å². The van der Waals surface area contributed by atoms with Gasteiger partial charge in [0, 0.05) is 44.4 Å². The van der Waals surface area contributed by atoms with Crippen LogP contribution in [-0.2, 0) is 11.3 Å². The van der Waals surface area contributed by atoms with Gasteiger partial charge >= 0.3 is 0 Å². The van der Waals surface area contributed by atoms with Crippen molar-refractivity contribution in [3.05, 3.63) is 51.7 Å². The first-order chi connectivity index (χ1) is 16.1. The predicted molar refractivity (Wildman–Crippen MR) is 130 cm³/mol. The van der Waals surface area contributed by atoms with Crippen molar-refractivity contribution in [1.29, 1.82) is 0 Å². The van der Waals surface area contributed by atoms with Gasteiger partial charge in [0.05, 0.1) is 23.5 Å². The van der Waals surface area contributed by atoms with E-state index in [9.17, 15) is 0 Å². The zero-order valence-corrected chi connectivity index (χ0v) is 19.7. The molecule has 4 heterocycles. The molecule has 2 aliphatic heterocycles. The number of aromatic nitrogens is 3. The molecule has 1 fully saturated rings. The lowest BCUT2D eigenvalue weighted by atomic mass is 10.2. The van der Waals surface area contributed by atoms with Gasteiger partial charge in [0.2, 0.25) is 5.90 Å². The largest absolute Gasteiger partial charge is 0.472 e. The molecule has 1 saturated heterocycles. The highest BCUT2D eigenvalue weighted by Crippen LogP contribution is 2.35. The molecule has 0 spiro atoms. The summed E-state index contributed by atoms with van der Waals surface area (Å²) in [6, 6.07) is 7.63. The summed E-state index contributed by atoms with van der Waals surface area (Å²) in [6.07, 6.45) is 1.74. The number of aryl methyl sites for hydroxylation is 1. The average molecular weight is 486 g/mol. The fourth-order valence-corrected chi connectivity index (χ4v) is 4.87. The summed E-state index contributed by atoms with van der Waals surface area (Å²) < 4.78 is 5.83. The van der Waals surface area contributed by atoms with Crippen LogP contribution in [0.4, 0.5) is 22.5 Å². The molecule has 2 aliphatic rings. The van der Waals surface area contributed by atoms with Gasteiger partial charge in [0.1, 0.15) is 28.9 Å². The van der Waals surface area contributed by atoms with E-state index in [0.717, 1.165) is 48.1 Å². The van der Waals surface area contributed by atoms with E-state index in [-0.39, 0.29) is 6.61 Å². The van der Waals surface area contributed by atoms with Gasteiger partial charge < -0.3 is 20.1 Å². The van der Waals surface area contributed by atoms with Crippen molar-refractivity contribution in [2.24, 2.45) is 4.99 Å². The fourth-order valence-electron chi connectivity index (χ4n) is 3.87. The molecule has 0 aliphatic carbocycles. The van der Waals surface area contributed by atoms with Crippen LogP contribution in [0.15, 0.2) is 35.5 Å². The van der Waals surface area contributed by atoms with Gasteiger partial charge in [0.25, 0.3) is 0 Å².